The minimum atomic E-state index is -0.0563. The van der Waals surface area contributed by atoms with Crippen molar-refractivity contribution in [3.63, 3.8) is 0 Å². The Labute approximate surface area is 177 Å². The Balaban J connectivity index is 1.39. The lowest BCUT2D eigenvalue weighted by Crippen LogP contribution is -2.38. The second kappa shape index (κ2) is 7.52. The van der Waals surface area contributed by atoms with Crippen LogP contribution in [-0.4, -0.2) is 56.0 Å². The summed E-state index contributed by atoms with van der Waals surface area (Å²) in [6.07, 6.45) is 5.05. The first kappa shape index (κ1) is 19.8. The number of amides is 1. The highest BCUT2D eigenvalue weighted by atomic mass is 16.2. The third kappa shape index (κ3) is 3.47. The van der Waals surface area contributed by atoms with Gasteiger partial charge in [-0.25, -0.2) is 9.50 Å². The van der Waals surface area contributed by atoms with Gasteiger partial charge in [0.2, 0.25) is 5.91 Å². The highest BCUT2D eigenvalue weighted by molar-refractivity contribution is 5.82. The molecule has 0 radical (unpaired) electrons. The van der Waals surface area contributed by atoms with Crippen molar-refractivity contribution in [1.82, 2.24) is 24.4 Å². The summed E-state index contributed by atoms with van der Waals surface area (Å²) in [7, 11) is 0. The van der Waals surface area contributed by atoms with Gasteiger partial charge in [-0.05, 0) is 65.0 Å². The molecule has 30 heavy (non-hydrogen) atoms. The molecule has 0 unspecified atom stereocenters. The Kier molecular flexibility index (Phi) is 4.96. The van der Waals surface area contributed by atoms with Crippen LogP contribution in [0.15, 0.2) is 16.9 Å². The minimum absolute atomic E-state index is 0.0316. The summed E-state index contributed by atoms with van der Waals surface area (Å²) in [5.74, 6) is 1.33. The zero-order valence-corrected chi connectivity index (χ0v) is 18.3. The van der Waals surface area contributed by atoms with E-state index in [1.807, 2.05) is 11.0 Å². The van der Waals surface area contributed by atoms with Gasteiger partial charge < -0.3 is 9.80 Å². The van der Waals surface area contributed by atoms with E-state index in [9.17, 15) is 9.59 Å². The molecule has 7 nitrogen and oxygen atoms in total. The number of carbonyl (C=O) groups is 1. The standard InChI is InChI=1S/C23H33N5O2/c1-14(2)26-9-6-16(7-10-26)18-13-22(29)28-21(24-18)12-19(25-28)20-5-4-8-27(20)23(30)17-11-15(17)3/h12-17,20,25H,4-11H2,1-3H3/t15-,17+,20-/m1/s1. The summed E-state index contributed by atoms with van der Waals surface area (Å²) < 4.78 is 1.54. The highest BCUT2D eigenvalue weighted by Gasteiger charge is 2.44. The number of nitrogens with one attached hydrogen (secondary N) is 1. The van der Waals surface area contributed by atoms with E-state index in [0.717, 1.165) is 63.1 Å². The maximum atomic E-state index is 12.8. The first-order chi connectivity index (χ1) is 14.4. The predicted octanol–water partition coefficient (Wildman–Crippen LogP) is 2.93. The third-order valence-electron chi connectivity index (χ3n) is 7.49. The minimum Gasteiger partial charge on any atom is -0.334 e. The smallest absolute Gasteiger partial charge is 0.272 e. The summed E-state index contributed by atoms with van der Waals surface area (Å²) in [6.45, 7) is 9.54. The lowest BCUT2D eigenvalue weighted by atomic mass is 9.92. The molecule has 5 rings (SSSR count). The summed E-state index contributed by atoms with van der Waals surface area (Å²) in [6, 6.07) is 4.28. The molecule has 2 aliphatic heterocycles. The monoisotopic (exact) mass is 411 g/mol. The molecular formula is C23H33N5O2. The first-order valence-corrected chi connectivity index (χ1v) is 11.6. The van der Waals surface area contributed by atoms with Crippen molar-refractivity contribution in [2.75, 3.05) is 19.6 Å². The Hall–Kier alpha value is -2.15. The Bertz CT molecular complexity index is 1000. The summed E-state index contributed by atoms with van der Waals surface area (Å²) in [5, 5.41) is 3.25. The number of likely N-dealkylation sites (tertiary alicyclic amines) is 2. The number of aromatic amines is 1. The molecular weight excluding hydrogens is 378 g/mol. The fourth-order valence-corrected chi connectivity index (χ4v) is 5.35. The van der Waals surface area contributed by atoms with E-state index in [2.05, 4.69) is 30.8 Å². The van der Waals surface area contributed by atoms with Crippen molar-refractivity contribution in [2.24, 2.45) is 11.8 Å². The van der Waals surface area contributed by atoms with Gasteiger partial charge in [0.1, 0.15) is 0 Å². The van der Waals surface area contributed by atoms with E-state index < -0.39 is 0 Å². The van der Waals surface area contributed by atoms with E-state index in [1.165, 1.54) is 0 Å². The molecule has 2 aromatic rings. The van der Waals surface area contributed by atoms with Crippen molar-refractivity contribution in [2.45, 2.75) is 70.9 Å². The van der Waals surface area contributed by atoms with Gasteiger partial charge in [0.05, 0.1) is 17.4 Å². The van der Waals surface area contributed by atoms with E-state index >= 15 is 0 Å². The van der Waals surface area contributed by atoms with Crippen LogP contribution in [-0.2, 0) is 4.79 Å². The molecule has 1 aliphatic carbocycles. The number of fused-ring (bicyclic) bond motifs is 1. The van der Waals surface area contributed by atoms with Gasteiger partial charge in [0.15, 0.2) is 5.65 Å². The lowest BCUT2D eigenvalue weighted by molar-refractivity contribution is -0.133. The van der Waals surface area contributed by atoms with E-state index in [4.69, 9.17) is 4.98 Å². The molecule has 3 fully saturated rings. The van der Waals surface area contributed by atoms with Gasteiger partial charge in [-0.15, -0.1) is 0 Å². The van der Waals surface area contributed by atoms with Gasteiger partial charge in [0.25, 0.3) is 5.56 Å². The predicted molar refractivity (Wildman–Crippen MR) is 115 cm³/mol. The van der Waals surface area contributed by atoms with Crippen molar-refractivity contribution in [3.05, 3.63) is 33.9 Å². The molecule has 0 bridgehead atoms. The van der Waals surface area contributed by atoms with Crippen LogP contribution < -0.4 is 5.56 Å². The van der Waals surface area contributed by atoms with Gasteiger partial charge >= 0.3 is 0 Å². The number of hydrogen-bond acceptors (Lipinski definition) is 4. The summed E-state index contributed by atoms with van der Waals surface area (Å²) in [5.41, 5.74) is 2.47. The van der Waals surface area contributed by atoms with Crippen LogP contribution in [0.5, 0.6) is 0 Å². The zero-order chi connectivity index (χ0) is 21.0. The van der Waals surface area contributed by atoms with Crippen LogP contribution in [0, 0.1) is 11.8 Å². The largest absolute Gasteiger partial charge is 0.334 e. The molecule has 1 saturated carbocycles. The average Bonchev–Trinajstić information content (AvgIpc) is 3.12. The van der Waals surface area contributed by atoms with Crippen LogP contribution in [0.25, 0.3) is 5.65 Å². The molecule has 0 spiro atoms. The first-order valence-electron chi connectivity index (χ1n) is 11.6. The second-order valence-electron chi connectivity index (χ2n) is 9.84. The number of rotatable bonds is 4. The molecule has 4 heterocycles. The molecule has 2 aromatic heterocycles. The maximum absolute atomic E-state index is 12.8. The molecule has 2 saturated heterocycles. The Morgan fingerprint density at radius 1 is 1.17 bits per heavy atom. The fraction of sp³-hybridized carbons (Fsp3) is 0.696. The summed E-state index contributed by atoms with van der Waals surface area (Å²) >= 11 is 0. The van der Waals surface area contributed by atoms with Crippen molar-refractivity contribution >= 4 is 11.6 Å². The molecule has 7 heteroatoms. The average molecular weight is 412 g/mol. The molecule has 0 aromatic carbocycles. The number of aromatic nitrogens is 3. The normalized spacial score (nSPS) is 28.0. The van der Waals surface area contributed by atoms with E-state index in [0.29, 0.717) is 23.5 Å². The van der Waals surface area contributed by atoms with Crippen LogP contribution in [0.4, 0.5) is 0 Å². The number of hydrogen-bond donors (Lipinski definition) is 1. The van der Waals surface area contributed by atoms with Gasteiger partial charge in [0, 0.05) is 36.6 Å². The SMILES string of the molecule is CC(C)N1CCC(c2cc(=O)n3[nH]c([C@H]4CCCN4C(=O)[C@H]4C[C@H]4C)cc3n2)CC1. The molecule has 3 atom stereocenters. The Morgan fingerprint density at radius 2 is 1.90 bits per heavy atom. The topological polar surface area (TPSA) is 73.7 Å². The van der Waals surface area contributed by atoms with Crippen LogP contribution in [0.3, 0.4) is 0 Å². The zero-order valence-electron chi connectivity index (χ0n) is 18.3. The molecule has 1 N–H and O–H groups in total. The van der Waals surface area contributed by atoms with Gasteiger partial charge in [-0.1, -0.05) is 6.92 Å². The highest BCUT2D eigenvalue weighted by Crippen LogP contribution is 2.43. The van der Waals surface area contributed by atoms with Crippen molar-refractivity contribution in [3.8, 4) is 0 Å². The summed E-state index contributed by atoms with van der Waals surface area (Å²) in [4.78, 5) is 35.0. The van der Waals surface area contributed by atoms with Crippen LogP contribution in [0.2, 0.25) is 0 Å². The van der Waals surface area contributed by atoms with E-state index in [-0.39, 0.29) is 23.4 Å². The number of H-pyrrole nitrogens is 1. The number of nitrogens with zero attached hydrogens (tertiary/aromatic N) is 4. The molecule has 162 valence electrons. The van der Waals surface area contributed by atoms with Crippen LogP contribution in [0.1, 0.15) is 76.2 Å². The fourth-order valence-electron chi connectivity index (χ4n) is 5.35. The van der Waals surface area contributed by atoms with Gasteiger partial charge in [-0.3, -0.25) is 14.7 Å². The number of piperidine rings is 1. The molecule has 1 amide bonds. The van der Waals surface area contributed by atoms with Gasteiger partial charge in [-0.2, -0.15) is 0 Å². The quantitative estimate of drug-likeness (QED) is 0.840. The second-order valence-corrected chi connectivity index (χ2v) is 9.84. The van der Waals surface area contributed by atoms with E-state index in [1.54, 1.807) is 10.6 Å². The van der Waals surface area contributed by atoms with Crippen molar-refractivity contribution in [1.29, 1.82) is 0 Å². The van der Waals surface area contributed by atoms with Crippen LogP contribution >= 0.6 is 0 Å². The number of carbonyl (C=O) groups excluding carboxylic acids is 1. The Morgan fingerprint density at radius 3 is 2.57 bits per heavy atom. The lowest BCUT2D eigenvalue weighted by Gasteiger charge is -2.34. The maximum Gasteiger partial charge on any atom is 0.272 e. The van der Waals surface area contributed by atoms with Crippen molar-refractivity contribution < 1.29 is 4.79 Å². The molecule has 3 aliphatic rings. The third-order valence-corrected chi connectivity index (χ3v) is 7.49.